The van der Waals surface area contributed by atoms with E-state index in [0.29, 0.717) is 11.7 Å². The van der Waals surface area contributed by atoms with Crippen molar-refractivity contribution in [3.05, 3.63) is 22.8 Å². The Morgan fingerprint density at radius 1 is 1.58 bits per heavy atom. The van der Waals surface area contributed by atoms with Gasteiger partial charge in [-0.2, -0.15) is 11.8 Å². The van der Waals surface area contributed by atoms with Crippen LogP contribution in [-0.4, -0.2) is 16.8 Å². The Morgan fingerprint density at radius 3 is 3.25 bits per heavy atom. The van der Waals surface area contributed by atoms with Crippen LogP contribution in [0.1, 0.15) is 12.8 Å². The van der Waals surface area contributed by atoms with Crippen molar-refractivity contribution in [2.24, 2.45) is 0 Å². The number of carbonyl (C=O) groups is 1. The molecule has 1 aliphatic carbocycles. The first-order chi connectivity index (χ1) is 5.77. The summed E-state index contributed by atoms with van der Waals surface area (Å²) < 4.78 is 0. The molecule has 0 bridgehead atoms. The number of halogens is 1. The minimum absolute atomic E-state index is 0.282. The smallest absolute Gasteiger partial charge is 0.160 e. The van der Waals surface area contributed by atoms with E-state index >= 15 is 0 Å². The fourth-order valence-electron chi connectivity index (χ4n) is 1.50. The maximum absolute atomic E-state index is 11.4. The monoisotopic (exact) mass is 200 g/mol. The lowest BCUT2D eigenvalue weighted by atomic mass is 9.98. The molecule has 1 heterocycles. The molecule has 1 unspecified atom stereocenters. The summed E-state index contributed by atoms with van der Waals surface area (Å²) in [5.41, 5.74) is 0.929. The summed E-state index contributed by atoms with van der Waals surface area (Å²) in [7, 11) is 0. The SMILES string of the molecule is O=C1CCSC2CC=C(Cl)C=C12. The summed E-state index contributed by atoms with van der Waals surface area (Å²) in [5, 5.41) is 1.10. The van der Waals surface area contributed by atoms with Crippen molar-refractivity contribution in [2.75, 3.05) is 5.75 Å². The fraction of sp³-hybridized carbons (Fsp3) is 0.444. The van der Waals surface area contributed by atoms with Gasteiger partial charge in [0.15, 0.2) is 5.78 Å². The maximum atomic E-state index is 11.4. The summed E-state index contributed by atoms with van der Waals surface area (Å²) in [6.45, 7) is 0. The number of Topliss-reactive ketones (excluding diaryl/α,β-unsaturated/α-hetero) is 1. The van der Waals surface area contributed by atoms with Crippen LogP contribution in [0.15, 0.2) is 22.8 Å². The highest BCUT2D eigenvalue weighted by Gasteiger charge is 2.27. The molecule has 0 aromatic heterocycles. The highest BCUT2D eigenvalue weighted by molar-refractivity contribution is 8.00. The van der Waals surface area contributed by atoms with Crippen LogP contribution in [0.4, 0.5) is 0 Å². The zero-order valence-corrected chi connectivity index (χ0v) is 8.12. The number of hydrogen-bond acceptors (Lipinski definition) is 2. The molecule has 2 aliphatic rings. The minimum Gasteiger partial charge on any atom is -0.294 e. The molecule has 1 fully saturated rings. The topological polar surface area (TPSA) is 17.1 Å². The van der Waals surface area contributed by atoms with E-state index in [9.17, 15) is 4.79 Å². The molecule has 1 aliphatic heterocycles. The molecule has 1 nitrogen and oxygen atoms in total. The molecule has 2 rings (SSSR count). The summed E-state index contributed by atoms with van der Waals surface area (Å²) >= 11 is 7.69. The van der Waals surface area contributed by atoms with Crippen LogP contribution in [0.25, 0.3) is 0 Å². The second-order valence-electron chi connectivity index (χ2n) is 2.96. The molecule has 1 saturated heterocycles. The lowest BCUT2D eigenvalue weighted by molar-refractivity contribution is -0.115. The first kappa shape index (κ1) is 8.39. The summed E-state index contributed by atoms with van der Waals surface area (Å²) in [6, 6.07) is 0. The maximum Gasteiger partial charge on any atom is 0.160 e. The summed E-state index contributed by atoms with van der Waals surface area (Å²) in [5.74, 6) is 1.25. The number of thioether (sulfide) groups is 1. The van der Waals surface area contributed by atoms with E-state index in [4.69, 9.17) is 11.6 Å². The standard InChI is InChI=1S/C9H9ClOS/c10-6-1-2-9-7(5-6)8(11)3-4-12-9/h1,5,9H,2-4H2. The van der Waals surface area contributed by atoms with Crippen LogP contribution < -0.4 is 0 Å². The highest BCUT2D eigenvalue weighted by atomic mass is 35.5. The quantitative estimate of drug-likeness (QED) is 0.598. The van der Waals surface area contributed by atoms with E-state index < -0.39 is 0 Å². The van der Waals surface area contributed by atoms with Gasteiger partial charge >= 0.3 is 0 Å². The molecule has 3 heteroatoms. The third-order valence-corrected chi connectivity index (χ3v) is 3.69. The van der Waals surface area contributed by atoms with E-state index in [1.165, 1.54) is 0 Å². The van der Waals surface area contributed by atoms with Gasteiger partial charge in [0.25, 0.3) is 0 Å². The van der Waals surface area contributed by atoms with Crippen molar-refractivity contribution >= 4 is 29.1 Å². The summed E-state index contributed by atoms with van der Waals surface area (Å²) in [4.78, 5) is 11.4. The molecule has 0 aromatic rings. The Labute approximate surface area is 80.9 Å². The molecule has 64 valence electrons. The van der Waals surface area contributed by atoms with Gasteiger partial charge in [-0.15, -0.1) is 0 Å². The number of carbonyl (C=O) groups excluding carboxylic acids is 1. The van der Waals surface area contributed by atoms with E-state index in [0.717, 1.165) is 22.8 Å². The number of ketones is 1. The van der Waals surface area contributed by atoms with Gasteiger partial charge in [-0.05, 0) is 12.5 Å². The van der Waals surface area contributed by atoms with Crippen molar-refractivity contribution in [1.82, 2.24) is 0 Å². The average molecular weight is 201 g/mol. The van der Waals surface area contributed by atoms with Gasteiger partial charge in [0, 0.05) is 28.0 Å². The second kappa shape index (κ2) is 3.27. The second-order valence-corrected chi connectivity index (χ2v) is 4.70. The predicted octanol–water partition coefficient (Wildman–Crippen LogP) is 2.51. The van der Waals surface area contributed by atoms with E-state index in [2.05, 4.69) is 0 Å². The number of fused-ring (bicyclic) bond motifs is 1. The van der Waals surface area contributed by atoms with Crippen LogP contribution in [-0.2, 0) is 4.79 Å². The first-order valence-electron chi connectivity index (χ1n) is 3.99. The lowest BCUT2D eigenvalue weighted by Gasteiger charge is -2.25. The van der Waals surface area contributed by atoms with Gasteiger partial charge < -0.3 is 0 Å². The Morgan fingerprint density at radius 2 is 2.42 bits per heavy atom. The van der Waals surface area contributed by atoms with E-state index in [-0.39, 0.29) is 5.78 Å². The molecule has 0 aromatic carbocycles. The lowest BCUT2D eigenvalue weighted by Crippen LogP contribution is -2.23. The van der Waals surface area contributed by atoms with Gasteiger partial charge in [0.05, 0.1) is 0 Å². The average Bonchev–Trinajstić information content (AvgIpc) is 2.07. The number of rotatable bonds is 0. The molecule has 0 radical (unpaired) electrons. The van der Waals surface area contributed by atoms with Crippen molar-refractivity contribution in [1.29, 1.82) is 0 Å². The van der Waals surface area contributed by atoms with Crippen molar-refractivity contribution in [3.8, 4) is 0 Å². The van der Waals surface area contributed by atoms with E-state index in [1.54, 1.807) is 0 Å². The minimum atomic E-state index is 0.282. The molecule has 0 spiro atoms. The van der Waals surface area contributed by atoms with Crippen LogP contribution >= 0.6 is 23.4 Å². The number of hydrogen-bond donors (Lipinski definition) is 0. The van der Waals surface area contributed by atoms with Gasteiger partial charge in [-0.1, -0.05) is 17.7 Å². The van der Waals surface area contributed by atoms with Gasteiger partial charge in [-0.25, -0.2) is 0 Å². The van der Waals surface area contributed by atoms with Crippen molar-refractivity contribution in [2.45, 2.75) is 18.1 Å². The zero-order valence-electron chi connectivity index (χ0n) is 6.55. The van der Waals surface area contributed by atoms with Crippen molar-refractivity contribution < 1.29 is 4.79 Å². The Bertz CT molecular complexity index is 280. The Kier molecular flexibility index (Phi) is 2.28. The molecule has 12 heavy (non-hydrogen) atoms. The van der Waals surface area contributed by atoms with Gasteiger partial charge in [0.1, 0.15) is 0 Å². The van der Waals surface area contributed by atoms with Crippen LogP contribution in [0.2, 0.25) is 0 Å². The molecular weight excluding hydrogens is 192 g/mol. The van der Waals surface area contributed by atoms with Crippen LogP contribution in [0.5, 0.6) is 0 Å². The van der Waals surface area contributed by atoms with Crippen molar-refractivity contribution in [3.63, 3.8) is 0 Å². The van der Waals surface area contributed by atoms with Crippen LogP contribution in [0.3, 0.4) is 0 Å². The molecule has 0 saturated carbocycles. The highest BCUT2D eigenvalue weighted by Crippen LogP contribution is 2.34. The zero-order chi connectivity index (χ0) is 8.55. The van der Waals surface area contributed by atoms with Gasteiger partial charge in [-0.3, -0.25) is 4.79 Å². The van der Waals surface area contributed by atoms with Crippen LogP contribution in [0, 0.1) is 0 Å². The molecular formula is C9H9ClOS. The Balaban J connectivity index is 2.29. The normalized spacial score (nSPS) is 29.1. The number of allylic oxidation sites excluding steroid dienone is 3. The largest absolute Gasteiger partial charge is 0.294 e. The summed E-state index contributed by atoms with van der Waals surface area (Å²) in [6.07, 6.45) is 5.41. The van der Waals surface area contributed by atoms with E-state index in [1.807, 2.05) is 23.9 Å². The first-order valence-corrected chi connectivity index (χ1v) is 5.42. The Hall–Kier alpha value is -0.210. The molecule has 0 N–H and O–H groups in total. The third-order valence-electron chi connectivity index (χ3n) is 2.14. The molecule has 0 amide bonds. The fourth-order valence-corrected chi connectivity index (χ4v) is 2.91. The van der Waals surface area contributed by atoms with Gasteiger partial charge in [0.2, 0.25) is 0 Å². The third kappa shape index (κ3) is 1.46. The predicted molar refractivity (Wildman–Crippen MR) is 52.5 cm³/mol. The molecule has 1 atom stereocenters.